The van der Waals surface area contributed by atoms with Crippen molar-refractivity contribution in [2.24, 2.45) is 0 Å². The van der Waals surface area contributed by atoms with Crippen molar-refractivity contribution in [3.05, 3.63) is 63.4 Å². The molecule has 3 aromatic rings. The zero-order valence-electron chi connectivity index (χ0n) is 15.7. The van der Waals surface area contributed by atoms with E-state index in [4.69, 9.17) is 0 Å². The second-order valence-corrected chi connectivity index (χ2v) is 7.49. The van der Waals surface area contributed by atoms with Crippen LogP contribution < -0.4 is 0 Å². The second kappa shape index (κ2) is 7.83. The van der Waals surface area contributed by atoms with Crippen molar-refractivity contribution in [2.75, 3.05) is 7.05 Å². The second-order valence-electron chi connectivity index (χ2n) is 6.55. The number of benzene rings is 1. The summed E-state index contributed by atoms with van der Waals surface area (Å²) in [6.45, 7) is 6.68. The lowest BCUT2D eigenvalue weighted by Gasteiger charge is -2.17. The standard InChI is InChI=1S/C20H24N4OS/c1-5-7-19-21-18(13-26-19)20(25)23(4)12-16-8-6-9-17(11-16)24-15(3)10-14(2)22-24/h6,8-11,13H,5,7,12H2,1-4H3. The van der Waals surface area contributed by atoms with Crippen LogP contribution in [0.5, 0.6) is 0 Å². The predicted molar refractivity (Wildman–Crippen MR) is 105 cm³/mol. The van der Waals surface area contributed by atoms with Gasteiger partial charge < -0.3 is 4.90 Å². The number of hydrogen-bond donors (Lipinski definition) is 0. The molecule has 0 aliphatic carbocycles. The highest BCUT2D eigenvalue weighted by Gasteiger charge is 2.16. The smallest absolute Gasteiger partial charge is 0.273 e. The van der Waals surface area contributed by atoms with E-state index in [0.29, 0.717) is 12.2 Å². The first-order chi connectivity index (χ1) is 12.5. The minimum Gasteiger partial charge on any atom is -0.336 e. The van der Waals surface area contributed by atoms with Crippen molar-refractivity contribution in [1.82, 2.24) is 19.7 Å². The third-order valence-electron chi connectivity index (χ3n) is 4.17. The summed E-state index contributed by atoms with van der Waals surface area (Å²) in [7, 11) is 1.82. The van der Waals surface area contributed by atoms with Gasteiger partial charge in [0, 0.05) is 24.7 Å². The van der Waals surface area contributed by atoms with Crippen molar-refractivity contribution in [1.29, 1.82) is 0 Å². The summed E-state index contributed by atoms with van der Waals surface area (Å²) >= 11 is 1.56. The van der Waals surface area contributed by atoms with Crippen LogP contribution in [0.1, 0.15) is 45.8 Å². The van der Waals surface area contributed by atoms with Gasteiger partial charge in [-0.05, 0) is 50.5 Å². The molecule has 3 rings (SSSR count). The Bertz CT molecular complexity index is 912. The molecule has 0 fully saturated rings. The molecule has 0 unspecified atom stereocenters. The molecule has 0 spiro atoms. The SMILES string of the molecule is CCCc1nc(C(=O)N(C)Cc2cccc(-n3nc(C)cc3C)c2)cs1. The molecule has 26 heavy (non-hydrogen) atoms. The Morgan fingerprint density at radius 2 is 2.08 bits per heavy atom. The normalized spacial score (nSPS) is 10.9. The van der Waals surface area contributed by atoms with Gasteiger partial charge in [-0.2, -0.15) is 5.10 Å². The minimum absolute atomic E-state index is 0.0416. The Balaban J connectivity index is 1.74. The van der Waals surface area contributed by atoms with Gasteiger partial charge in [0.15, 0.2) is 0 Å². The fourth-order valence-electron chi connectivity index (χ4n) is 2.96. The number of thiazole rings is 1. The molecule has 0 aliphatic heterocycles. The summed E-state index contributed by atoms with van der Waals surface area (Å²) in [5.41, 5.74) is 4.69. The summed E-state index contributed by atoms with van der Waals surface area (Å²) < 4.78 is 1.93. The van der Waals surface area contributed by atoms with Crippen LogP contribution >= 0.6 is 11.3 Å². The third-order valence-corrected chi connectivity index (χ3v) is 5.07. The fraction of sp³-hybridized carbons (Fsp3) is 0.350. The molecular weight excluding hydrogens is 344 g/mol. The molecule has 6 heteroatoms. The number of amides is 1. The van der Waals surface area contributed by atoms with E-state index in [-0.39, 0.29) is 5.91 Å². The Hall–Kier alpha value is -2.47. The molecule has 5 nitrogen and oxygen atoms in total. The molecule has 1 amide bonds. The first-order valence-electron chi connectivity index (χ1n) is 8.80. The van der Waals surface area contributed by atoms with Crippen LogP contribution in [0.3, 0.4) is 0 Å². The summed E-state index contributed by atoms with van der Waals surface area (Å²) in [4.78, 5) is 18.8. The van der Waals surface area contributed by atoms with E-state index in [1.807, 2.05) is 49.2 Å². The molecule has 0 aliphatic rings. The summed E-state index contributed by atoms with van der Waals surface area (Å²) in [5, 5.41) is 7.41. The average molecular weight is 369 g/mol. The number of nitrogens with zero attached hydrogens (tertiary/aromatic N) is 4. The van der Waals surface area contributed by atoms with Crippen LogP contribution in [-0.2, 0) is 13.0 Å². The van der Waals surface area contributed by atoms with Gasteiger partial charge in [0.05, 0.1) is 16.4 Å². The zero-order chi connectivity index (χ0) is 18.7. The molecular formula is C20H24N4OS. The molecule has 0 saturated carbocycles. The number of carbonyl (C=O) groups excluding carboxylic acids is 1. The lowest BCUT2D eigenvalue weighted by molar-refractivity contribution is 0.0780. The molecule has 0 bridgehead atoms. The van der Waals surface area contributed by atoms with Crippen molar-refractivity contribution in [3.8, 4) is 5.69 Å². The number of aryl methyl sites for hydroxylation is 3. The van der Waals surface area contributed by atoms with E-state index in [9.17, 15) is 4.79 Å². The van der Waals surface area contributed by atoms with Gasteiger partial charge in [-0.3, -0.25) is 4.79 Å². The van der Waals surface area contributed by atoms with E-state index >= 15 is 0 Å². The highest BCUT2D eigenvalue weighted by molar-refractivity contribution is 7.09. The van der Waals surface area contributed by atoms with E-state index in [2.05, 4.69) is 29.1 Å². The van der Waals surface area contributed by atoms with E-state index < -0.39 is 0 Å². The Kier molecular flexibility index (Phi) is 5.52. The van der Waals surface area contributed by atoms with Gasteiger partial charge in [0.2, 0.25) is 0 Å². The minimum atomic E-state index is -0.0416. The zero-order valence-corrected chi connectivity index (χ0v) is 16.5. The van der Waals surface area contributed by atoms with Crippen molar-refractivity contribution in [2.45, 2.75) is 40.2 Å². The largest absolute Gasteiger partial charge is 0.336 e. The third kappa shape index (κ3) is 4.02. The average Bonchev–Trinajstić information content (AvgIpc) is 3.21. The first-order valence-corrected chi connectivity index (χ1v) is 9.68. The lowest BCUT2D eigenvalue weighted by Crippen LogP contribution is -2.26. The van der Waals surface area contributed by atoms with Crippen LogP contribution in [0.15, 0.2) is 35.7 Å². The van der Waals surface area contributed by atoms with Crippen LogP contribution in [0.4, 0.5) is 0 Å². The van der Waals surface area contributed by atoms with Gasteiger partial charge in [-0.15, -0.1) is 11.3 Å². The van der Waals surface area contributed by atoms with Crippen LogP contribution in [0.2, 0.25) is 0 Å². The van der Waals surface area contributed by atoms with E-state index in [0.717, 1.165) is 40.5 Å². The van der Waals surface area contributed by atoms with Gasteiger partial charge in [-0.1, -0.05) is 19.1 Å². The number of carbonyl (C=O) groups is 1. The maximum atomic E-state index is 12.6. The maximum Gasteiger partial charge on any atom is 0.273 e. The maximum absolute atomic E-state index is 12.6. The molecule has 2 heterocycles. The van der Waals surface area contributed by atoms with E-state index in [1.165, 1.54) is 0 Å². The number of rotatable bonds is 6. The molecule has 0 radical (unpaired) electrons. The quantitative estimate of drug-likeness (QED) is 0.656. The Morgan fingerprint density at radius 1 is 1.27 bits per heavy atom. The number of hydrogen-bond acceptors (Lipinski definition) is 4. The molecule has 136 valence electrons. The van der Waals surface area contributed by atoms with E-state index in [1.54, 1.807) is 16.2 Å². The fourth-order valence-corrected chi connectivity index (χ4v) is 3.83. The first kappa shape index (κ1) is 18.3. The van der Waals surface area contributed by atoms with Gasteiger partial charge in [0.1, 0.15) is 5.69 Å². The summed E-state index contributed by atoms with van der Waals surface area (Å²) in [5.74, 6) is -0.0416. The summed E-state index contributed by atoms with van der Waals surface area (Å²) in [6.07, 6.45) is 1.96. The highest BCUT2D eigenvalue weighted by Crippen LogP contribution is 2.17. The predicted octanol–water partition coefficient (Wildman–Crippen LogP) is 4.17. The Morgan fingerprint density at radius 3 is 2.77 bits per heavy atom. The van der Waals surface area contributed by atoms with Crippen molar-refractivity contribution >= 4 is 17.2 Å². The molecule has 2 aromatic heterocycles. The topological polar surface area (TPSA) is 51.0 Å². The van der Waals surface area contributed by atoms with Crippen LogP contribution in [0, 0.1) is 13.8 Å². The summed E-state index contributed by atoms with van der Waals surface area (Å²) in [6, 6.07) is 10.2. The molecule has 0 saturated heterocycles. The molecule has 0 atom stereocenters. The van der Waals surface area contributed by atoms with Gasteiger partial charge >= 0.3 is 0 Å². The van der Waals surface area contributed by atoms with Gasteiger partial charge in [-0.25, -0.2) is 9.67 Å². The van der Waals surface area contributed by atoms with Gasteiger partial charge in [0.25, 0.3) is 5.91 Å². The van der Waals surface area contributed by atoms with Crippen LogP contribution in [0.25, 0.3) is 5.69 Å². The van der Waals surface area contributed by atoms with Crippen molar-refractivity contribution < 1.29 is 4.79 Å². The molecule has 1 aromatic carbocycles. The Labute approximate surface area is 158 Å². The van der Waals surface area contributed by atoms with Crippen molar-refractivity contribution in [3.63, 3.8) is 0 Å². The van der Waals surface area contributed by atoms with Crippen LogP contribution in [-0.4, -0.2) is 32.6 Å². The monoisotopic (exact) mass is 368 g/mol. The number of aromatic nitrogens is 3. The highest BCUT2D eigenvalue weighted by atomic mass is 32.1. The lowest BCUT2D eigenvalue weighted by atomic mass is 10.2. The molecule has 0 N–H and O–H groups in total.